The molecule has 1 N–H and O–H groups in total. The summed E-state index contributed by atoms with van der Waals surface area (Å²) in [4.78, 5) is 20.5. The molecule has 1 aromatic carbocycles. The lowest BCUT2D eigenvalue weighted by atomic mass is 10.2. The Morgan fingerprint density at radius 1 is 1.20 bits per heavy atom. The highest BCUT2D eigenvalue weighted by Crippen LogP contribution is 2.15. The fraction of sp³-hybridized carbons (Fsp3) is 0.278. The zero-order valence-electron chi connectivity index (χ0n) is 13.7. The second-order valence-electron chi connectivity index (χ2n) is 5.81. The quantitative estimate of drug-likeness (QED) is 0.920. The topological polar surface area (TPSA) is 72.3 Å². The SMILES string of the molecule is N#Cc1ccc(N2CCN(CC(=O)Nc3ccccc3F)CC2)nc1. The van der Waals surface area contributed by atoms with Crippen molar-refractivity contribution in [2.24, 2.45) is 0 Å². The summed E-state index contributed by atoms with van der Waals surface area (Å²) in [6, 6.07) is 11.8. The molecular weight excluding hydrogens is 321 g/mol. The van der Waals surface area contributed by atoms with Crippen LogP contribution in [-0.4, -0.2) is 48.5 Å². The summed E-state index contributed by atoms with van der Waals surface area (Å²) in [6.45, 7) is 3.14. The summed E-state index contributed by atoms with van der Waals surface area (Å²) in [7, 11) is 0. The van der Waals surface area contributed by atoms with Gasteiger partial charge in [-0.05, 0) is 24.3 Å². The van der Waals surface area contributed by atoms with E-state index in [4.69, 9.17) is 5.26 Å². The number of carbonyl (C=O) groups excluding carboxylic acids is 1. The van der Waals surface area contributed by atoms with Crippen molar-refractivity contribution >= 4 is 17.4 Å². The van der Waals surface area contributed by atoms with E-state index in [9.17, 15) is 9.18 Å². The molecule has 0 bridgehead atoms. The van der Waals surface area contributed by atoms with Crippen LogP contribution in [0, 0.1) is 17.1 Å². The molecule has 7 heteroatoms. The number of amides is 1. The summed E-state index contributed by atoms with van der Waals surface area (Å²) in [5, 5.41) is 11.4. The van der Waals surface area contributed by atoms with Crippen molar-refractivity contribution in [2.45, 2.75) is 0 Å². The molecule has 0 spiro atoms. The van der Waals surface area contributed by atoms with Crippen LogP contribution in [0.3, 0.4) is 0 Å². The molecule has 128 valence electrons. The maximum atomic E-state index is 13.6. The van der Waals surface area contributed by atoms with E-state index in [2.05, 4.69) is 15.2 Å². The Balaban J connectivity index is 1.49. The number of benzene rings is 1. The Morgan fingerprint density at radius 2 is 1.96 bits per heavy atom. The Labute approximate surface area is 145 Å². The zero-order chi connectivity index (χ0) is 17.6. The smallest absolute Gasteiger partial charge is 0.238 e. The molecule has 1 amide bonds. The van der Waals surface area contributed by atoms with Gasteiger partial charge >= 0.3 is 0 Å². The molecule has 0 atom stereocenters. The van der Waals surface area contributed by atoms with Gasteiger partial charge in [0.15, 0.2) is 0 Å². The number of aromatic nitrogens is 1. The fourth-order valence-corrected chi connectivity index (χ4v) is 2.73. The van der Waals surface area contributed by atoms with Gasteiger partial charge in [0, 0.05) is 32.4 Å². The molecule has 25 heavy (non-hydrogen) atoms. The number of hydrogen-bond acceptors (Lipinski definition) is 5. The first-order valence-electron chi connectivity index (χ1n) is 8.03. The summed E-state index contributed by atoms with van der Waals surface area (Å²) in [6.07, 6.45) is 1.56. The second kappa shape index (κ2) is 7.73. The Kier molecular flexibility index (Phi) is 5.21. The van der Waals surface area contributed by atoms with Gasteiger partial charge in [-0.2, -0.15) is 5.26 Å². The maximum absolute atomic E-state index is 13.6. The lowest BCUT2D eigenvalue weighted by molar-refractivity contribution is -0.117. The van der Waals surface area contributed by atoms with Gasteiger partial charge in [-0.3, -0.25) is 9.69 Å². The highest BCUT2D eigenvalue weighted by Gasteiger charge is 2.20. The van der Waals surface area contributed by atoms with Crippen molar-refractivity contribution in [3.05, 3.63) is 54.0 Å². The number of carbonyl (C=O) groups is 1. The third-order valence-electron chi connectivity index (χ3n) is 4.09. The van der Waals surface area contributed by atoms with E-state index in [1.54, 1.807) is 30.5 Å². The van der Waals surface area contributed by atoms with Crippen LogP contribution in [0.2, 0.25) is 0 Å². The Morgan fingerprint density at radius 3 is 2.60 bits per heavy atom. The zero-order valence-corrected chi connectivity index (χ0v) is 13.7. The molecule has 1 saturated heterocycles. The molecule has 2 aromatic rings. The van der Waals surface area contributed by atoms with E-state index in [1.807, 2.05) is 17.0 Å². The van der Waals surface area contributed by atoms with Crippen LogP contribution in [0.4, 0.5) is 15.9 Å². The van der Waals surface area contributed by atoms with Gasteiger partial charge in [-0.15, -0.1) is 0 Å². The number of piperazine rings is 1. The van der Waals surface area contributed by atoms with Crippen molar-refractivity contribution in [1.82, 2.24) is 9.88 Å². The molecule has 1 aliphatic heterocycles. The number of nitrogens with one attached hydrogen (secondary N) is 1. The van der Waals surface area contributed by atoms with Crippen molar-refractivity contribution in [3.63, 3.8) is 0 Å². The van der Waals surface area contributed by atoms with E-state index in [0.29, 0.717) is 18.7 Å². The van der Waals surface area contributed by atoms with Crippen LogP contribution in [0.1, 0.15) is 5.56 Å². The lowest BCUT2D eigenvalue weighted by Gasteiger charge is -2.35. The van der Waals surface area contributed by atoms with Crippen molar-refractivity contribution in [2.75, 3.05) is 42.9 Å². The minimum Gasteiger partial charge on any atom is -0.354 e. The van der Waals surface area contributed by atoms with Gasteiger partial charge in [0.05, 0.1) is 17.8 Å². The van der Waals surface area contributed by atoms with Crippen LogP contribution in [-0.2, 0) is 4.79 Å². The lowest BCUT2D eigenvalue weighted by Crippen LogP contribution is -2.49. The summed E-state index contributed by atoms with van der Waals surface area (Å²) in [5.41, 5.74) is 0.736. The normalized spacial score (nSPS) is 14.8. The highest BCUT2D eigenvalue weighted by atomic mass is 19.1. The number of hydrogen-bond donors (Lipinski definition) is 1. The maximum Gasteiger partial charge on any atom is 0.238 e. The molecule has 1 fully saturated rings. The number of rotatable bonds is 4. The predicted octanol–water partition coefficient (Wildman–Crippen LogP) is 1.85. The van der Waals surface area contributed by atoms with E-state index in [0.717, 1.165) is 18.9 Å². The van der Waals surface area contributed by atoms with E-state index in [1.165, 1.54) is 6.07 Å². The number of nitrogens with zero attached hydrogens (tertiary/aromatic N) is 4. The van der Waals surface area contributed by atoms with E-state index < -0.39 is 5.82 Å². The minimum absolute atomic E-state index is 0.202. The van der Waals surface area contributed by atoms with Gasteiger partial charge in [0.1, 0.15) is 17.7 Å². The number of halogens is 1. The second-order valence-corrected chi connectivity index (χ2v) is 5.81. The molecule has 1 aromatic heterocycles. The van der Waals surface area contributed by atoms with Crippen molar-refractivity contribution in [3.8, 4) is 6.07 Å². The predicted molar refractivity (Wildman–Crippen MR) is 92.6 cm³/mol. The standard InChI is InChI=1S/C18H18FN5O/c19-15-3-1-2-4-16(15)22-18(25)13-23-7-9-24(10-8-23)17-6-5-14(11-20)12-21-17/h1-6,12H,7-10,13H2,(H,22,25). The van der Waals surface area contributed by atoms with Crippen LogP contribution in [0.25, 0.3) is 0 Å². The molecule has 0 aliphatic carbocycles. The van der Waals surface area contributed by atoms with E-state index in [-0.39, 0.29) is 18.1 Å². The average molecular weight is 339 g/mol. The largest absolute Gasteiger partial charge is 0.354 e. The molecule has 0 radical (unpaired) electrons. The number of pyridine rings is 1. The third kappa shape index (κ3) is 4.31. The third-order valence-corrected chi connectivity index (χ3v) is 4.09. The Bertz CT molecular complexity index is 779. The van der Waals surface area contributed by atoms with Crippen LogP contribution < -0.4 is 10.2 Å². The Hall–Kier alpha value is -2.98. The molecule has 6 nitrogen and oxygen atoms in total. The number of nitriles is 1. The van der Waals surface area contributed by atoms with Crippen LogP contribution >= 0.6 is 0 Å². The van der Waals surface area contributed by atoms with Gasteiger partial charge in [-0.25, -0.2) is 9.37 Å². The average Bonchev–Trinajstić information content (AvgIpc) is 2.64. The first-order valence-corrected chi connectivity index (χ1v) is 8.03. The van der Waals surface area contributed by atoms with Gasteiger partial charge in [0.25, 0.3) is 0 Å². The summed E-state index contributed by atoms with van der Waals surface area (Å²) < 4.78 is 13.6. The first-order chi connectivity index (χ1) is 12.2. The van der Waals surface area contributed by atoms with Gasteiger partial charge < -0.3 is 10.2 Å². The summed E-state index contributed by atoms with van der Waals surface area (Å²) in [5.74, 6) is 0.164. The highest BCUT2D eigenvalue weighted by molar-refractivity contribution is 5.92. The van der Waals surface area contributed by atoms with Crippen molar-refractivity contribution in [1.29, 1.82) is 5.26 Å². The molecule has 3 rings (SSSR count). The molecule has 0 unspecified atom stereocenters. The van der Waals surface area contributed by atoms with Gasteiger partial charge in [0.2, 0.25) is 5.91 Å². The minimum atomic E-state index is -0.437. The number of anilines is 2. The molecule has 2 heterocycles. The van der Waals surface area contributed by atoms with Crippen LogP contribution in [0.15, 0.2) is 42.6 Å². The van der Waals surface area contributed by atoms with Crippen molar-refractivity contribution < 1.29 is 9.18 Å². The monoisotopic (exact) mass is 339 g/mol. The van der Waals surface area contributed by atoms with E-state index >= 15 is 0 Å². The molecular formula is C18H18FN5O. The fourth-order valence-electron chi connectivity index (χ4n) is 2.73. The van der Waals surface area contributed by atoms with Crippen LogP contribution in [0.5, 0.6) is 0 Å². The molecule has 1 aliphatic rings. The van der Waals surface area contributed by atoms with Gasteiger partial charge in [-0.1, -0.05) is 12.1 Å². The summed E-state index contributed by atoms with van der Waals surface area (Å²) >= 11 is 0. The number of para-hydroxylation sites is 1. The molecule has 0 saturated carbocycles. The first kappa shape index (κ1) is 16.9.